The van der Waals surface area contributed by atoms with E-state index in [9.17, 15) is 4.79 Å². The predicted octanol–water partition coefficient (Wildman–Crippen LogP) is 5.07. The molecule has 26 heavy (non-hydrogen) atoms. The molecule has 0 bridgehead atoms. The number of hydrogen-bond donors (Lipinski definition) is 1. The first-order chi connectivity index (χ1) is 12.2. The van der Waals surface area contributed by atoms with Crippen molar-refractivity contribution in [2.45, 2.75) is 64.6 Å². The molecule has 0 aromatic heterocycles. The smallest absolute Gasteiger partial charge is 0.256 e. The molecule has 0 fully saturated rings. The molecule has 1 rings (SSSR count). The second kappa shape index (κ2) is 10.1. The van der Waals surface area contributed by atoms with Crippen LogP contribution in [0.1, 0.15) is 53.4 Å². The number of methoxy groups -OCH3 is 2. The zero-order valence-corrected chi connectivity index (χ0v) is 17.5. The highest BCUT2D eigenvalue weighted by molar-refractivity contribution is 6.32. The summed E-state index contributed by atoms with van der Waals surface area (Å²) in [7, 11) is 3.24. The summed E-state index contributed by atoms with van der Waals surface area (Å²) in [5.74, 6) is 0.400. The lowest BCUT2D eigenvalue weighted by molar-refractivity contribution is -0.136. The summed E-state index contributed by atoms with van der Waals surface area (Å²) >= 11 is 6.29. The van der Waals surface area contributed by atoms with Crippen molar-refractivity contribution in [3.05, 3.63) is 23.2 Å². The first-order valence-corrected chi connectivity index (χ1v) is 9.39. The van der Waals surface area contributed by atoms with Crippen LogP contribution < -0.4 is 10.1 Å². The predicted molar refractivity (Wildman–Crippen MR) is 106 cm³/mol. The average Bonchev–Trinajstić information content (AvgIpc) is 2.61. The van der Waals surface area contributed by atoms with Gasteiger partial charge in [-0.05, 0) is 45.4 Å². The van der Waals surface area contributed by atoms with Crippen molar-refractivity contribution in [1.82, 2.24) is 0 Å². The SMILES string of the molecule is CCCC[C@](C)(OC)C(=O)Nc1ccc(OCCC(C)(C)OC)c(Cl)c1. The Labute approximate surface area is 162 Å². The maximum Gasteiger partial charge on any atom is 0.256 e. The quantitative estimate of drug-likeness (QED) is 0.577. The molecule has 0 radical (unpaired) electrons. The van der Waals surface area contributed by atoms with E-state index in [-0.39, 0.29) is 11.5 Å². The van der Waals surface area contributed by atoms with Crippen molar-refractivity contribution in [2.75, 3.05) is 26.1 Å². The number of anilines is 1. The number of amides is 1. The van der Waals surface area contributed by atoms with Gasteiger partial charge >= 0.3 is 0 Å². The summed E-state index contributed by atoms with van der Waals surface area (Å²) in [4.78, 5) is 12.6. The minimum Gasteiger partial charge on any atom is -0.492 e. The van der Waals surface area contributed by atoms with Gasteiger partial charge in [0, 0.05) is 26.3 Å². The number of carbonyl (C=O) groups is 1. The molecule has 1 aromatic carbocycles. The molecule has 6 heteroatoms. The first kappa shape index (κ1) is 22.7. The van der Waals surface area contributed by atoms with E-state index in [2.05, 4.69) is 12.2 Å². The Hall–Kier alpha value is -1.30. The van der Waals surface area contributed by atoms with Gasteiger partial charge < -0.3 is 19.5 Å². The van der Waals surface area contributed by atoms with Gasteiger partial charge in [0.05, 0.1) is 17.2 Å². The molecule has 0 unspecified atom stereocenters. The lowest BCUT2D eigenvalue weighted by Gasteiger charge is -2.27. The molecule has 5 nitrogen and oxygen atoms in total. The Bertz CT molecular complexity index is 591. The molecule has 1 aromatic rings. The van der Waals surface area contributed by atoms with Crippen molar-refractivity contribution in [3.8, 4) is 5.75 Å². The molecule has 0 aliphatic carbocycles. The molecule has 0 saturated heterocycles. The normalized spacial score (nSPS) is 14.0. The van der Waals surface area contributed by atoms with E-state index in [0.29, 0.717) is 29.5 Å². The van der Waals surface area contributed by atoms with Crippen LogP contribution in [0.2, 0.25) is 5.02 Å². The van der Waals surface area contributed by atoms with Crippen LogP contribution in [-0.4, -0.2) is 37.9 Å². The second-order valence-corrected chi connectivity index (χ2v) is 7.61. The van der Waals surface area contributed by atoms with Crippen LogP contribution in [0.25, 0.3) is 0 Å². The maximum absolute atomic E-state index is 12.6. The number of carbonyl (C=O) groups excluding carboxylic acids is 1. The monoisotopic (exact) mass is 385 g/mol. The molecule has 1 amide bonds. The molecule has 0 spiro atoms. The van der Waals surface area contributed by atoms with Crippen LogP contribution in [0.4, 0.5) is 5.69 Å². The van der Waals surface area contributed by atoms with E-state index in [0.717, 1.165) is 19.3 Å². The fraction of sp³-hybridized carbons (Fsp3) is 0.650. The largest absolute Gasteiger partial charge is 0.492 e. The van der Waals surface area contributed by atoms with E-state index in [1.807, 2.05) is 13.8 Å². The number of halogens is 1. The summed E-state index contributed by atoms with van der Waals surface area (Å²) in [6.07, 6.45) is 3.32. The highest BCUT2D eigenvalue weighted by atomic mass is 35.5. The van der Waals surface area contributed by atoms with E-state index in [4.69, 9.17) is 25.8 Å². The Kier molecular flexibility index (Phi) is 8.87. The van der Waals surface area contributed by atoms with Gasteiger partial charge in [-0.15, -0.1) is 0 Å². The molecular weight excluding hydrogens is 354 g/mol. The third-order valence-electron chi connectivity index (χ3n) is 4.64. The second-order valence-electron chi connectivity index (χ2n) is 7.20. The molecule has 0 saturated carbocycles. The number of benzene rings is 1. The fourth-order valence-electron chi connectivity index (χ4n) is 2.29. The Morgan fingerprint density at radius 2 is 1.85 bits per heavy atom. The van der Waals surface area contributed by atoms with Crippen LogP contribution in [0.5, 0.6) is 5.75 Å². The number of rotatable bonds is 11. The van der Waals surface area contributed by atoms with Gasteiger partial charge in [-0.25, -0.2) is 0 Å². The summed E-state index contributed by atoms with van der Waals surface area (Å²) in [5, 5.41) is 3.33. The standard InChI is InChI=1S/C20H32ClNO4/c1-7-8-11-20(4,25-6)18(23)22-15-9-10-17(16(21)14-15)26-13-12-19(2,3)24-5/h9-10,14H,7-8,11-13H2,1-6H3,(H,22,23)/t20-/m0/s1. The highest BCUT2D eigenvalue weighted by Crippen LogP contribution is 2.29. The first-order valence-electron chi connectivity index (χ1n) is 9.01. The Balaban J connectivity index is 2.70. The number of hydrogen-bond acceptors (Lipinski definition) is 4. The summed E-state index contributed by atoms with van der Waals surface area (Å²) in [5.41, 5.74) is -0.489. The van der Waals surface area contributed by atoms with Crippen LogP contribution in [0.15, 0.2) is 18.2 Å². The number of ether oxygens (including phenoxy) is 3. The van der Waals surface area contributed by atoms with Crippen LogP contribution >= 0.6 is 11.6 Å². The van der Waals surface area contributed by atoms with E-state index >= 15 is 0 Å². The third kappa shape index (κ3) is 6.78. The molecule has 0 aliphatic heterocycles. The van der Waals surface area contributed by atoms with Crippen LogP contribution in [-0.2, 0) is 14.3 Å². The van der Waals surface area contributed by atoms with Crippen molar-refractivity contribution in [2.24, 2.45) is 0 Å². The van der Waals surface area contributed by atoms with Crippen molar-refractivity contribution in [3.63, 3.8) is 0 Å². The lowest BCUT2D eigenvalue weighted by Crippen LogP contribution is -2.41. The van der Waals surface area contributed by atoms with Crippen molar-refractivity contribution < 1.29 is 19.0 Å². The lowest BCUT2D eigenvalue weighted by atomic mass is 9.97. The summed E-state index contributed by atoms with van der Waals surface area (Å²) in [6.45, 7) is 8.38. The van der Waals surface area contributed by atoms with Gasteiger partial charge in [-0.3, -0.25) is 4.79 Å². The Morgan fingerprint density at radius 3 is 2.38 bits per heavy atom. The van der Waals surface area contributed by atoms with Gasteiger partial charge in [0.1, 0.15) is 11.4 Å². The molecule has 0 aliphatic rings. The summed E-state index contributed by atoms with van der Waals surface area (Å²) in [6, 6.07) is 5.22. The number of nitrogens with one attached hydrogen (secondary N) is 1. The van der Waals surface area contributed by atoms with Gasteiger partial charge in [-0.1, -0.05) is 31.4 Å². The molecular formula is C20H32ClNO4. The third-order valence-corrected chi connectivity index (χ3v) is 4.94. The van der Waals surface area contributed by atoms with Crippen molar-refractivity contribution >= 4 is 23.2 Å². The Morgan fingerprint density at radius 1 is 1.15 bits per heavy atom. The zero-order valence-electron chi connectivity index (χ0n) is 16.8. The highest BCUT2D eigenvalue weighted by Gasteiger charge is 2.32. The van der Waals surface area contributed by atoms with Crippen LogP contribution in [0, 0.1) is 0 Å². The average molecular weight is 386 g/mol. The molecule has 1 atom stereocenters. The zero-order chi connectivity index (χ0) is 19.8. The van der Waals surface area contributed by atoms with Gasteiger partial charge in [0.25, 0.3) is 5.91 Å². The van der Waals surface area contributed by atoms with Gasteiger partial charge in [-0.2, -0.15) is 0 Å². The topological polar surface area (TPSA) is 56.8 Å². The minimum absolute atomic E-state index is 0.181. The van der Waals surface area contributed by atoms with Crippen molar-refractivity contribution in [1.29, 1.82) is 0 Å². The van der Waals surface area contributed by atoms with E-state index in [1.165, 1.54) is 0 Å². The fourth-order valence-corrected chi connectivity index (χ4v) is 2.53. The maximum atomic E-state index is 12.6. The van der Waals surface area contributed by atoms with E-state index < -0.39 is 5.60 Å². The molecule has 0 heterocycles. The number of unbranched alkanes of at least 4 members (excludes halogenated alkanes) is 1. The molecule has 148 valence electrons. The molecule has 1 N–H and O–H groups in total. The van der Waals surface area contributed by atoms with E-state index in [1.54, 1.807) is 39.3 Å². The summed E-state index contributed by atoms with van der Waals surface area (Å²) < 4.78 is 16.5. The van der Waals surface area contributed by atoms with Gasteiger partial charge in [0.2, 0.25) is 0 Å². The van der Waals surface area contributed by atoms with Crippen LogP contribution in [0.3, 0.4) is 0 Å². The minimum atomic E-state index is -0.858. The van der Waals surface area contributed by atoms with Gasteiger partial charge in [0.15, 0.2) is 0 Å².